The summed E-state index contributed by atoms with van der Waals surface area (Å²) in [6, 6.07) is 6.27. The molecule has 30 heavy (non-hydrogen) atoms. The first-order chi connectivity index (χ1) is 14.3. The molecule has 1 aliphatic heterocycles. The predicted octanol–water partition coefficient (Wildman–Crippen LogP) is 2.18. The molecule has 0 unspecified atom stereocenters. The molecule has 1 amide bonds. The van der Waals surface area contributed by atoms with Gasteiger partial charge in [-0.05, 0) is 48.9 Å². The molecular weight excluding hydrogens is 390 g/mol. The second kappa shape index (κ2) is 8.08. The van der Waals surface area contributed by atoms with E-state index in [9.17, 15) is 19.2 Å². The number of ether oxygens (including phenoxy) is 3. The minimum absolute atomic E-state index is 0.0505. The van der Waals surface area contributed by atoms with Crippen molar-refractivity contribution in [2.45, 2.75) is 32.8 Å². The van der Waals surface area contributed by atoms with Gasteiger partial charge in [0, 0.05) is 11.6 Å². The SMILES string of the molecule is CC(C)COC(=O)c1ccc(NC(=O)COC(=O)[C@@H]2[C@@H]3C[C@@H]4[C@H]2C(=O)O[C@@H]4C3)cc1. The summed E-state index contributed by atoms with van der Waals surface area (Å²) in [7, 11) is 0. The summed E-state index contributed by atoms with van der Waals surface area (Å²) in [6.07, 6.45) is 1.45. The number of anilines is 1. The van der Waals surface area contributed by atoms with Gasteiger partial charge in [0.25, 0.3) is 5.91 Å². The molecule has 2 saturated carbocycles. The van der Waals surface area contributed by atoms with E-state index in [-0.39, 0.29) is 29.8 Å². The van der Waals surface area contributed by atoms with Crippen LogP contribution in [0.25, 0.3) is 0 Å². The first-order valence-corrected chi connectivity index (χ1v) is 10.3. The van der Waals surface area contributed by atoms with Gasteiger partial charge in [0.15, 0.2) is 6.61 Å². The largest absolute Gasteiger partial charge is 0.462 e. The number of benzene rings is 1. The summed E-state index contributed by atoms with van der Waals surface area (Å²) in [5.74, 6) is -2.23. The van der Waals surface area contributed by atoms with Crippen molar-refractivity contribution in [1.29, 1.82) is 0 Å². The highest BCUT2D eigenvalue weighted by Gasteiger charge is 2.64. The quantitative estimate of drug-likeness (QED) is 0.537. The molecule has 1 heterocycles. The van der Waals surface area contributed by atoms with Gasteiger partial charge in [0.05, 0.1) is 24.0 Å². The number of hydrogen-bond acceptors (Lipinski definition) is 7. The third kappa shape index (κ3) is 3.91. The molecular formula is C22H25NO7. The van der Waals surface area contributed by atoms with E-state index in [0.29, 0.717) is 24.3 Å². The maximum atomic E-state index is 12.5. The van der Waals surface area contributed by atoms with Gasteiger partial charge in [-0.25, -0.2) is 4.79 Å². The zero-order valence-electron chi connectivity index (χ0n) is 17.0. The van der Waals surface area contributed by atoms with Gasteiger partial charge < -0.3 is 19.5 Å². The third-order valence-corrected chi connectivity index (χ3v) is 6.05. The van der Waals surface area contributed by atoms with Crippen molar-refractivity contribution >= 4 is 29.5 Å². The average Bonchev–Trinajstić information content (AvgIpc) is 3.33. The molecule has 0 aromatic heterocycles. The van der Waals surface area contributed by atoms with Gasteiger partial charge in [-0.2, -0.15) is 0 Å². The van der Waals surface area contributed by atoms with Crippen molar-refractivity contribution in [3.05, 3.63) is 29.8 Å². The second-order valence-corrected chi connectivity index (χ2v) is 8.65. The molecule has 3 fully saturated rings. The molecule has 0 radical (unpaired) electrons. The fourth-order valence-corrected chi connectivity index (χ4v) is 4.77. The van der Waals surface area contributed by atoms with E-state index >= 15 is 0 Å². The molecule has 3 aliphatic rings. The Hall–Kier alpha value is -2.90. The molecule has 8 heteroatoms. The predicted molar refractivity (Wildman–Crippen MR) is 104 cm³/mol. The molecule has 2 aliphatic carbocycles. The van der Waals surface area contributed by atoms with E-state index in [1.54, 1.807) is 24.3 Å². The Bertz CT molecular complexity index is 861. The van der Waals surface area contributed by atoms with Crippen LogP contribution in [0.4, 0.5) is 5.69 Å². The van der Waals surface area contributed by atoms with Gasteiger partial charge in [0.1, 0.15) is 6.10 Å². The molecule has 8 nitrogen and oxygen atoms in total. The minimum atomic E-state index is -0.511. The van der Waals surface area contributed by atoms with E-state index in [1.807, 2.05) is 13.8 Å². The van der Waals surface area contributed by atoms with Crippen LogP contribution >= 0.6 is 0 Å². The van der Waals surface area contributed by atoms with Crippen molar-refractivity contribution in [3.8, 4) is 0 Å². The van der Waals surface area contributed by atoms with Crippen LogP contribution < -0.4 is 5.32 Å². The van der Waals surface area contributed by atoms with Gasteiger partial charge >= 0.3 is 17.9 Å². The van der Waals surface area contributed by atoms with Gasteiger partial charge in [0.2, 0.25) is 0 Å². The van der Waals surface area contributed by atoms with E-state index in [2.05, 4.69) is 5.32 Å². The normalized spacial score (nSPS) is 28.4. The van der Waals surface area contributed by atoms with E-state index < -0.39 is 36.3 Å². The Morgan fingerprint density at radius 1 is 1.13 bits per heavy atom. The van der Waals surface area contributed by atoms with Crippen LogP contribution in [0.1, 0.15) is 37.0 Å². The number of amides is 1. The van der Waals surface area contributed by atoms with Crippen molar-refractivity contribution in [2.24, 2.45) is 29.6 Å². The van der Waals surface area contributed by atoms with Crippen LogP contribution in [-0.2, 0) is 28.6 Å². The molecule has 2 bridgehead atoms. The van der Waals surface area contributed by atoms with E-state index in [4.69, 9.17) is 14.2 Å². The van der Waals surface area contributed by atoms with Crippen molar-refractivity contribution < 1.29 is 33.4 Å². The lowest BCUT2D eigenvalue weighted by Gasteiger charge is -2.22. The lowest BCUT2D eigenvalue weighted by Crippen LogP contribution is -2.34. The van der Waals surface area contributed by atoms with Crippen LogP contribution in [0.2, 0.25) is 0 Å². The van der Waals surface area contributed by atoms with Crippen LogP contribution in [0.15, 0.2) is 24.3 Å². The number of carbonyl (C=O) groups excluding carboxylic acids is 4. The topological polar surface area (TPSA) is 108 Å². The first kappa shape index (κ1) is 20.4. The highest BCUT2D eigenvalue weighted by Crippen LogP contribution is 2.57. The Morgan fingerprint density at radius 2 is 1.87 bits per heavy atom. The number of fused-ring (bicyclic) bond motifs is 1. The average molecular weight is 415 g/mol. The molecule has 5 atom stereocenters. The third-order valence-electron chi connectivity index (χ3n) is 6.05. The van der Waals surface area contributed by atoms with E-state index in [1.165, 1.54) is 0 Å². The molecule has 4 rings (SSSR count). The summed E-state index contributed by atoms with van der Waals surface area (Å²) < 4.78 is 15.7. The van der Waals surface area contributed by atoms with Crippen LogP contribution in [0, 0.1) is 29.6 Å². The minimum Gasteiger partial charge on any atom is -0.462 e. The Morgan fingerprint density at radius 3 is 2.57 bits per heavy atom. The summed E-state index contributed by atoms with van der Waals surface area (Å²) >= 11 is 0. The standard InChI is InChI=1S/C22H25NO7/c1-11(2)9-28-20(25)12-3-5-14(6-4-12)23-17(24)10-29-21(26)18-13-7-15-16(8-13)30-22(27)19(15)18/h3-6,11,13,15-16,18-19H,7-10H2,1-2H3,(H,23,24)/t13-,15+,16-,18-,19-/m1/s1. The first-order valence-electron chi connectivity index (χ1n) is 10.3. The molecule has 160 valence electrons. The smallest absolute Gasteiger partial charge is 0.338 e. The monoisotopic (exact) mass is 415 g/mol. The fraction of sp³-hybridized carbons (Fsp3) is 0.545. The fourth-order valence-electron chi connectivity index (χ4n) is 4.77. The Kier molecular flexibility index (Phi) is 5.49. The van der Waals surface area contributed by atoms with Crippen molar-refractivity contribution in [2.75, 3.05) is 18.5 Å². The number of carbonyl (C=O) groups is 4. The van der Waals surface area contributed by atoms with Gasteiger partial charge in [-0.3, -0.25) is 14.4 Å². The van der Waals surface area contributed by atoms with Crippen molar-refractivity contribution in [1.82, 2.24) is 0 Å². The number of hydrogen-bond donors (Lipinski definition) is 1. The molecule has 0 spiro atoms. The summed E-state index contributed by atoms with van der Waals surface area (Å²) in [6.45, 7) is 3.80. The van der Waals surface area contributed by atoms with Gasteiger partial charge in [-0.15, -0.1) is 0 Å². The van der Waals surface area contributed by atoms with Crippen LogP contribution in [-0.4, -0.2) is 43.1 Å². The van der Waals surface area contributed by atoms with Crippen LogP contribution in [0.5, 0.6) is 0 Å². The lowest BCUT2D eigenvalue weighted by atomic mass is 9.80. The zero-order valence-corrected chi connectivity index (χ0v) is 17.0. The Balaban J connectivity index is 1.26. The second-order valence-electron chi connectivity index (χ2n) is 8.65. The van der Waals surface area contributed by atoms with E-state index in [0.717, 1.165) is 6.42 Å². The van der Waals surface area contributed by atoms with Gasteiger partial charge in [-0.1, -0.05) is 13.8 Å². The maximum Gasteiger partial charge on any atom is 0.338 e. The zero-order chi connectivity index (χ0) is 21.4. The molecule has 1 saturated heterocycles. The molecule has 1 aromatic rings. The summed E-state index contributed by atoms with van der Waals surface area (Å²) in [4.78, 5) is 48.5. The highest BCUT2D eigenvalue weighted by molar-refractivity contribution is 5.95. The number of esters is 3. The summed E-state index contributed by atoms with van der Waals surface area (Å²) in [5, 5.41) is 2.62. The lowest BCUT2D eigenvalue weighted by molar-refractivity contribution is -0.157. The van der Waals surface area contributed by atoms with Crippen molar-refractivity contribution in [3.63, 3.8) is 0 Å². The number of rotatable bonds is 7. The number of nitrogens with one attached hydrogen (secondary N) is 1. The maximum absolute atomic E-state index is 12.5. The van der Waals surface area contributed by atoms with Crippen LogP contribution in [0.3, 0.4) is 0 Å². The Labute approximate surface area is 174 Å². The molecule has 1 N–H and O–H groups in total. The molecule has 1 aromatic carbocycles. The highest BCUT2D eigenvalue weighted by atomic mass is 16.6. The summed E-state index contributed by atoms with van der Waals surface area (Å²) in [5.41, 5.74) is 0.858.